The first kappa shape index (κ1) is 8.51. The van der Waals surface area contributed by atoms with E-state index in [0.717, 1.165) is 19.3 Å². The van der Waals surface area contributed by atoms with Gasteiger partial charge in [-0.05, 0) is 24.8 Å². The van der Waals surface area contributed by atoms with Gasteiger partial charge in [0.15, 0.2) is 0 Å². The molecule has 0 aromatic carbocycles. The minimum absolute atomic E-state index is 0.284. The first-order valence-corrected chi connectivity index (χ1v) is 4.67. The molecule has 1 unspecified atom stereocenters. The summed E-state index contributed by atoms with van der Waals surface area (Å²) in [6.45, 7) is 0. The molecule has 0 saturated heterocycles. The fourth-order valence-corrected chi connectivity index (χ4v) is 1.79. The number of hydrogen-bond acceptors (Lipinski definition) is 2. The average molecular weight is 177 g/mol. The molecule has 0 bridgehead atoms. The molecule has 0 amide bonds. The van der Waals surface area contributed by atoms with Gasteiger partial charge < -0.3 is 5.73 Å². The van der Waals surface area contributed by atoms with Crippen molar-refractivity contribution in [3.05, 3.63) is 29.6 Å². The van der Waals surface area contributed by atoms with Crippen molar-refractivity contribution in [1.29, 1.82) is 0 Å². The van der Waals surface area contributed by atoms with E-state index in [1.165, 1.54) is 11.1 Å². The standard InChI is InChI=1S/C10H15N3/c1-13-7-9(6-12-13)4-8-2-3-10(11)5-8/h5-7,10H,2-4,11H2,1H3. The molecule has 0 radical (unpaired) electrons. The van der Waals surface area contributed by atoms with Crippen LogP contribution in [0.3, 0.4) is 0 Å². The summed E-state index contributed by atoms with van der Waals surface area (Å²) in [4.78, 5) is 0. The van der Waals surface area contributed by atoms with Crippen LogP contribution in [0.5, 0.6) is 0 Å². The van der Waals surface area contributed by atoms with Crippen molar-refractivity contribution in [2.75, 3.05) is 0 Å². The Labute approximate surface area is 78.2 Å². The number of nitrogens with zero attached hydrogens (tertiary/aromatic N) is 2. The number of aryl methyl sites for hydroxylation is 1. The number of allylic oxidation sites excluding steroid dienone is 1. The molecule has 3 heteroatoms. The molecule has 1 aromatic heterocycles. The maximum absolute atomic E-state index is 5.79. The third-order valence-electron chi connectivity index (χ3n) is 2.44. The second-order valence-corrected chi connectivity index (χ2v) is 3.73. The summed E-state index contributed by atoms with van der Waals surface area (Å²) in [6, 6.07) is 0.284. The number of hydrogen-bond donors (Lipinski definition) is 1. The zero-order valence-corrected chi connectivity index (χ0v) is 7.90. The van der Waals surface area contributed by atoms with Crippen molar-refractivity contribution in [3.8, 4) is 0 Å². The predicted octanol–water partition coefficient (Wildman–Crippen LogP) is 1.01. The SMILES string of the molecule is Cn1cc(CC2=CC(N)CC2)cn1. The summed E-state index contributed by atoms with van der Waals surface area (Å²) in [7, 11) is 1.94. The van der Waals surface area contributed by atoms with Gasteiger partial charge >= 0.3 is 0 Å². The fourth-order valence-electron chi connectivity index (χ4n) is 1.79. The zero-order chi connectivity index (χ0) is 9.26. The van der Waals surface area contributed by atoms with Crippen LogP contribution in [-0.2, 0) is 13.5 Å². The molecular weight excluding hydrogens is 162 g/mol. The molecule has 0 saturated carbocycles. The highest BCUT2D eigenvalue weighted by Gasteiger charge is 2.12. The molecule has 1 aromatic rings. The molecule has 0 aliphatic heterocycles. The first-order chi connectivity index (χ1) is 6.24. The minimum Gasteiger partial charge on any atom is -0.324 e. The number of aromatic nitrogens is 2. The Hall–Kier alpha value is -1.09. The lowest BCUT2D eigenvalue weighted by atomic mass is 10.1. The second-order valence-electron chi connectivity index (χ2n) is 3.73. The lowest BCUT2D eigenvalue weighted by molar-refractivity contribution is 0.765. The highest BCUT2D eigenvalue weighted by atomic mass is 15.2. The number of rotatable bonds is 2. The zero-order valence-electron chi connectivity index (χ0n) is 7.90. The average Bonchev–Trinajstić information content (AvgIpc) is 2.62. The highest BCUT2D eigenvalue weighted by Crippen LogP contribution is 2.20. The van der Waals surface area contributed by atoms with Gasteiger partial charge in [-0.25, -0.2) is 0 Å². The van der Waals surface area contributed by atoms with Crippen molar-refractivity contribution in [2.24, 2.45) is 12.8 Å². The van der Waals surface area contributed by atoms with Gasteiger partial charge in [0.05, 0.1) is 6.20 Å². The highest BCUT2D eigenvalue weighted by molar-refractivity contribution is 5.21. The van der Waals surface area contributed by atoms with Crippen molar-refractivity contribution in [1.82, 2.24) is 9.78 Å². The lowest BCUT2D eigenvalue weighted by Gasteiger charge is -1.96. The Balaban J connectivity index is 2.02. The van der Waals surface area contributed by atoms with Crippen LogP contribution >= 0.6 is 0 Å². The Bertz CT molecular complexity index is 325. The van der Waals surface area contributed by atoms with E-state index in [-0.39, 0.29) is 6.04 Å². The molecule has 1 aliphatic rings. The molecule has 70 valence electrons. The molecular formula is C10H15N3. The van der Waals surface area contributed by atoms with Gasteiger partial charge in [0, 0.05) is 19.3 Å². The fraction of sp³-hybridized carbons (Fsp3) is 0.500. The molecule has 13 heavy (non-hydrogen) atoms. The van der Waals surface area contributed by atoms with E-state index in [1.54, 1.807) is 0 Å². The van der Waals surface area contributed by atoms with Gasteiger partial charge in [-0.2, -0.15) is 5.10 Å². The summed E-state index contributed by atoms with van der Waals surface area (Å²) >= 11 is 0. The Kier molecular flexibility index (Phi) is 2.19. The molecule has 1 aliphatic carbocycles. The van der Waals surface area contributed by atoms with Crippen molar-refractivity contribution < 1.29 is 0 Å². The molecule has 1 heterocycles. The van der Waals surface area contributed by atoms with Gasteiger partial charge in [0.2, 0.25) is 0 Å². The molecule has 1 atom stereocenters. The van der Waals surface area contributed by atoms with Gasteiger partial charge in [-0.3, -0.25) is 4.68 Å². The minimum atomic E-state index is 0.284. The quantitative estimate of drug-likeness (QED) is 0.685. The third kappa shape index (κ3) is 1.98. The third-order valence-corrected chi connectivity index (χ3v) is 2.44. The van der Waals surface area contributed by atoms with E-state index in [4.69, 9.17) is 5.73 Å². The van der Waals surface area contributed by atoms with Crippen LogP contribution in [0.1, 0.15) is 18.4 Å². The lowest BCUT2D eigenvalue weighted by Crippen LogP contribution is -2.11. The van der Waals surface area contributed by atoms with Crippen LogP contribution in [0.15, 0.2) is 24.0 Å². The normalized spacial score (nSPS) is 22.0. The Morgan fingerprint density at radius 2 is 2.54 bits per heavy atom. The van der Waals surface area contributed by atoms with Gasteiger partial charge in [-0.15, -0.1) is 0 Å². The Morgan fingerprint density at radius 3 is 3.08 bits per heavy atom. The van der Waals surface area contributed by atoms with Crippen molar-refractivity contribution in [3.63, 3.8) is 0 Å². The van der Waals surface area contributed by atoms with E-state index in [2.05, 4.69) is 17.4 Å². The molecule has 2 rings (SSSR count). The monoisotopic (exact) mass is 177 g/mol. The second kappa shape index (κ2) is 3.34. The summed E-state index contributed by atoms with van der Waals surface area (Å²) in [6.07, 6.45) is 9.44. The topological polar surface area (TPSA) is 43.8 Å². The van der Waals surface area contributed by atoms with Gasteiger partial charge in [0.1, 0.15) is 0 Å². The van der Waals surface area contributed by atoms with E-state index in [1.807, 2.05) is 17.9 Å². The molecule has 0 fully saturated rings. The molecule has 0 spiro atoms. The maximum Gasteiger partial charge on any atom is 0.0524 e. The molecule has 2 N–H and O–H groups in total. The summed E-state index contributed by atoms with van der Waals surface area (Å²) in [5, 5.41) is 4.14. The summed E-state index contributed by atoms with van der Waals surface area (Å²) < 4.78 is 1.84. The van der Waals surface area contributed by atoms with Gasteiger partial charge in [-0.1, -0.05) is 11.6 Å². The summed E-state index contributed by atoms with van der Waals surface area (Å²) in [5.74, 6) is 0. The van der Waals surface area contributed by atoms with E-state index >= 15 is 0 Å². The van der Waals surface area contributed by atoms with Crippen molar-refractivity contribution >= 4 is 0 Å². The van der Waals surface area contributed by atoms with Crippen LogP contribution in [0.25, 0.3) is 0 Å². The van der Waals surface area contributed by atoms with Crippen LogP contribution in [-0.4, -0.2) is 15.8 Å². The Morgan fingerprint density at radius 1 is 1.69 bits per heavy atom. The summed E-state index contributed by atoms with van der Waals surface area (Å²) in [5.41, 5.74) is 8.53. The first-order valence-electron chi connectivity index (χ1n) is 4.67. The smallest absolute Gasteiger partial charge is 0.0524 e. The van der Waals surface area contributed by atoms with Crippen LogP contribution in [0, 0.1) is 0 Å². The van der Waals surface area contributed by atoms with Gasteiger partial charge in [0.25, 0.3) is 0 Å². The van der Waals surface area contributed by atoms with Crippen LogP contribution < -0.4 is 5.73 Å². The molecule has 3 nitrogen and oxygen atoms in total. The predicted molar refractivity (Wildman–Crippen MR) is 52.2 cm³/mol. The van der Waals surface area contributed by atoms with Crippen molar-refractivity contribution in [2.45, 2.75) is 25.3 Å². The number of nitrogens with two attached hydrogens (primary N) is 1. The van der Waals surface area contributed by atoms with E-state index in [0.29, 0.717) is 0 Å². The largest absolute Gasteiger partial charge is 0.324 e. The van der Waals surface area contributed by atoms with Crippen LogP contribution in [0.2, 0.25) is 0 Å². The van der Waals surface area contributed by atoms with E-state index in [9.17, 15) is 0 Å². The van der Waals surface area contributed by atoms with Crippen LogP contribution in [0.4, 0.5) is 0 Å². The maximum atomic E-state index is 5.79. The van der Waals surface area contributed by atoms with E-state index < -0.39 is 0 Å².